The molecule has 0 atom stereocenters. The number of aryl methyl sites for hydroxylation is 1. The highest BCUT2D eigenvalue weighted by molar-refractivity contribution is 6.31. The zero-order chi connectivity index (χ0) is 15.8. The third kappa shape index (κ3) is 3.48. The third-order valence-electron chi connectivity index (χ3n) is 3.31. The summed E-state index contributed by atoms with van der Waals surface area (Å²) in [4.78, 5) is 0. The fraction of sp³-hybridized carbons (Fsp3) is 0.294. The lowest BCUT2D eigenvalue weighted by Gasteiger charge is -2.20. The van der Waals surface area contributed by atoms with Crippen LogP contribution in [0.15, 0.2) is 30.3 Å². The van der Waals surface area contributed by atoms with Gasteiger partial charge in [0.25, 0.3) is 0 Å². The first-order chi connectivity index (χ1) is 9.68. The van der Waals surface area contributed by atoms with Crippen LogP contribution in [0.25, 0.3) is 0 Å². The largest absolute Gasteiger partial charge is 0.455 e. The van der Waals surface area contributed by atoms with Crippen molar-refractivity contribution in [1.29, 1.82) is 0 Å². The van der Waals surface area contributed by atoms with Gasteiger partial charge in [0.1, 0.15) is 11.6 Å². The first-order valence-electron chi connectivity index (χ1n) is 6.72. The van der Waals surface area contributed by atoms with E-state index in [4.69, 9.17) is 22.1 Å². The molecule has 0 aromatic heterocycles. The summed E-state index contributed by atoms with van der Waals surface area (Å²) in [6.45, 7) is 8.42. The Morgan fingerprint density at radius 1 is 1.10 bits per heavy atom. The molecule has 0 aliphatic heterocycles. The van der Waals surface area contributed by atoms with Gasteiger partial charge in [0.05, 0.1) is 10.7 Å². The highest BCUT2D eigenvalue weighted by atomic mass is 35.5. The van der Waals surface area contributed by atoms with Gasteiger partial charge < -0.3 is 10.5 Å². The smallest absolute Gasteiger partial charge is 0.152 e. The van der Waals surface area contributed by atoms with Crippen LogP contribution in [0.5, 0.6) is 11.5 Å². The summed E-state index contributed by atoms with van der Waals surface area (Å²) in [6.07, 6.45) is 0. The Kier molecular flexibility index (Phi) is 4.15. The van der Waals surface area contributed by atoms with Crippen LogP contribution in [0.4, 0.5) is 10.1 Å². The summed E-state index contributed by atoms with van der Waals surface area (Å²) in [5.74, 6) is 0.478. The summed E-state index contributed by atoms with van der Waals surface area (Å²) < 4.78 is 19.1. The van der Waals surface area contributed by atoms with Crippen molar-refractivity contribution >= 4 is 17.3 Å². The minimum absolute atomic E-state index is 0.0110. The first-order valence-corrected chi connectivity index (χ1v) is 7.10. The average molecular weight is 308 g/mol. The summed E-state index contributed by atoms with van der Waals surface area (Å²) in [5.41, 5.74) is 8.26. The summed E-state index contributed by atoms with van der Waals surface area (Å²) in [7, 11) is 0. The van der Waals surface area contributed by atoms with E-state index in [2.05, 4.69) is 26.8 Å². The molecule has 0 heterocycles. The monoisotopic (exact) mass is 307 g/mol. The van der Waals surface area contributed by atoms with Gasteiger partial charge >= 0.3 is 0 Å². The topological polar surface area (TPSA) is 35.2 Å². The van der Waals surface area contributed by atoms with E-state index in [1.165, 1.54) is 11.6 Å². The van der Waals surface area contributed by atoms with Crippen molar-refractivity contribution in [3.8, 4) is 11.5 Å². The van der Waals surface area contributed by atoms with Crippen molar-refractivity contribution in [3.05, 3.63) is 52.3 Å². The van der Waals surface area contributed by atoms with Crippen molar-refractivity contribution in [3.63, 3.8) is 0 Å². The summed E-state index contributed by atoms with van der Waals surface area (Å²) in [5, 5.41) is -0.0110. The van der Waals surface area contributed by atoms with Crippen LogP contribution in [-0.2, 0) is 5.41 Å². The van der Waals surface area contributed by atoms with E-state index < -0.39 is 5.82 Å². The first kappa shape index (κ1) is 15.6. The molecule has 2 aromatic carbocycles. The fourth-order valence-corrected chi connectivity index (χ4v) is 2.13. The van der Waals surface area contributed by atoms with Gasteiger partial charge in [-0.2, -0.15) is 0 Å². The van der Waals surface area contributed by atoms with Gasteiger partial charge in [0.15, 0.2) is 5.75 Å². The second-order valence-corrected chi connectivity index (χ2v) is 6.54. The molecule has 0 aliphatic carbocycles. The van der Waals surface area contributed by atoms with Gasteiger partial charge in [0.2, 0.25) is 0 Å². The van der Waals surface area contributed by atoms with Crippen molar-refractivity contribution in [2.24, 2.45) is 0 Å². The van der Waals surface area contributed by atoms with E-state index >= 15 is 0 Å². The van der Waals surface area contributed by atoms with Gasteiger partial charge in [-0.3, -0.25) is 0 Å². The minimum Gasteiger partial charge on any atom is -0.455 e. The van der Waals surface area contributed by atoms with E-state index in [0.29, 0.717) is 11.5 Å². The van der Waals surface area contributed by atoms with E-state index in [9.17, 15) is 4.39 Å². The second kappa shape index (κ2) is 5.57. The van der Waals surface area contributed by atoms with Crippen molar-refractivity contribution in [1.82, 2.24) is 0 Å². The van der Waals surface area contributed by atoms with E-state index in [-0.39, 0.29) is 16.1 Å². The molecule has 2 nitrogen and oxygen atoms in total. The molecular formula is C17H19ClFNO. The van der Waals surface area contributed by atoms with Gasteiger partial charge in [-0.25, -0.2) is 4.39 Å². The number of anilines is 1. The van der Waals surface area contributed by atoms with Crippen LogP contribution in [0.2, 0.25) is 5.02 Å². The maximum absolute atomic E-state index is 13.3. The SMILES string of the molecule is Cc1cc(C(C)(C)C)ccc1Oc1cc(Cl)c(F)cc1N. The van der Waals surface area contributed by atoms with Gasteiger partial charge in [-0.05, 0) is 29.5 Å². The number of rotatable bonds is 2. The number of hydrogen-bond acceptors (Lipinski definition) is 2. The Hall–Kier alpha value is -1.74. The molecule has 2 N–H and O–H groups in total. The number of ether oxygens (including phenoxy) is 1. The predicted octanol–water partition coefficient (Wildman–Crippen LogP) is 5.46. The maximum atomic E-state index is 13.3. The number of benzene rings is 2. The molecule has 21 heavy (non-hydrogen) atoms. The Balaban J connectivity index is 2.35. The standard InChI is InChI=1S/C17H19ClFNO/c1-10-7-11(17(2,3)4)5-6-15(10)21-16-8-12(18)13(19)9-14(16)20/h5-9H,20H2,1-4H3. The predicted molar refractivity (Wildman–Crippen MR) is 85.8 cm³/mol. The van der Waals surface area contributed by atoms with Crippen LogP contribution in [0.1, 0.15) is 31.9 Å². The highest BCUT2D eigenvalue weighted by Crippen LogP contribution is 2.35. The van der Waals surface area contributed by atoms with E-state index in [1.807, 2.05) is 19.1 Å². The summed E-state index contributed by atoms with van der Waals surface area (Å²) in [6, 6.07) is 8.55. The Bertz CT molecular complexity index is 677. The minimum atomic E-state index is -0.554. The quantitative estimate of drug-likeness (QED) is 0.748. The Labute approximate surface area is 129 Å². The lowest BCUT2D eigenvalue weighted by molar-refractivity contribution is 0.478. The molecule has 0 saturated heterocycles. The van der Waals surface area contributed by atoms with Gasteiger partial charge in [-0.15, -0.1) is 0 Å². The molecule has 0 fully saturated rings. The fourth-order valence-electron chi connectivity index (χ4n) is 1.98. The van der Waals surface area contributed by atoms with Crippen LogP contribution in [0.3, 0.4) is 0 Å². The molecule has 0 radical (unpaired) electrons. The van der Waals surface area contributed by atoms with Crippen LogP contribution < -0.4 is 10.5 Å². The molecule has 112 valence electrons. The van der Waals surface area contributed by atoms with Gasteiger partial charge in [-0.1, -0.05) is 44.5 Å². The molecule has 4 heteroatoms. The van der Waals surface area contributed by atoms with Crippen molar-refractivity contribution in [2.75, 3.05) is 5.73 Å². The molecule has 0 saturated carbocycles. The molecule has 0 unspecified atom stereocenters. The van der Waals surface area contributed by atoms with Gasteiger partial charge in [0, 0.05) is 12.1 Å². The number of halogens is 2. The molecule has 2 rings (SSSR count). The Morgan fingerprint density at radius 3 is 2.33 bits per heavy atom. The van der Waals surface area contributed by atoms with Crippen LogP contribution in [-0.4, -0.2) is 0 Å². The molecule has 2 aromatic rings. The number of nitrogens with two attached hydrogens (primary N) is 1. The normalized spacial score (nSPS) is 11.5. The second-order valence-electron chi connectivity index (χ2n) is 6.14. The zero-order valence-corrected chi connectivity index (χ0v) is 13.4. The van der Waals surface area contributed by atoms with E-state index in [1.54, 1.807) is 0 Å². The third-order valence-corrected chi connectivity index (χ3v) is 3.60. The number of hydrogen-bond donors (Lipinski definition) is 1. The molecule has 0 spiro atoms. The maximum Gasteiger partial charge on any atom is 0.152 e. The lowest BCUT2D eigenvalue weighted by atomic mass is 9.86. The summed E-state index contributed by atoms with van der Waals surface area (Å²) >= 11 is 5.77. The Morgan fingerprint density at radius 2 is 1.76 bits per heavy atom. The highest BCUT2D eigenvalue weighted by Gasteiger charge is 2.15. The zero-order valence-electron chi connectivity index (χ0n) is 12.6. The molecule has 0 aliphatic rings. The molecular weight excluding hydrogens is 289 g/mol. The average Bonchev–Trinajstić information content (AvgIpc) is 2.36. The number of nitrogen functional groups attached to an aromatic ring is 1. The van der Waals surface area contributed by atoms with Crippen molar-refractivity contribution < 1.29 is 9.13 Å². The van der Waals surface area contributed by atoms with E-state index in [0.717, 1.165) is 11.6 Å². The lowest BCUT2D eigenvalue weighted by Crippen LogP contribution is -2.11. The van der Waals surface area contributed by atoms with Crippen molar-refractivity contribution in [2.45, 2.75) is 33.1 Å². The van der Waals surface area contributed by atoms with Crippen LogP contribution in [0, 0.1) is 12.7 Å². The molecule has 0 amide bonds. The van der Waals surface area contributed by atoms with Crippen LogP contribution >= 0.6 is 11.6 Å². The molecule has 0 bridgehead atoms.